The third-order valence-electron chi connectivity index (χ3n) is 1.69. The van der Waals surface area contributed by atoms with Crippen LogP contribution in [0.3, 0.4) is 0 Å². The van der Waals surface area contributed by atoms with Gasteiger partial charge in [0.1, 0.15) is 12.0 Å². The number of oxazole rings is 1. The molecule has 0 spiro atoms. The van der Waals surface area contributed by atoms with E-state index in [1.165, 1.54) is 6.26 Å². The van der Waals surface area contributed by atoms with Gasteiger partial charge in [-0.15, -0.1) is 6.58 Å². The molecule has 0 aliphatic heterocycles. The van der Waals surface area contributed by atoms with E-state index in [4.69, 9.17) is 14.6 Å². The highest BCUT2D eigenvalue weighted by Crippen LogP contribution is 2.12. The van der Waals surface area contributed by atoms with Crippen LogP contribution in [0.1, 0.15) is 5.69 Å². The molecule has 0 radical (unpaired) electrons. The van der Waals surface area contributed by atoms with Gasteiger partial charge in [0.15, 0.2) is 0 Å². The number of nitrogens with zero attached hydrogens (tertiary/aromatic N) is 2. The molecular formula is C9H14N2O3. The molecule has 1 heterocycles. The van der Waals surface area contributed by atoms with E-state index in [0.29, 0.717) is 24.8 Å². The van der Waals surface area contributed by atoms with Gasteiger partial charge in [-0.2, -0.15) is 4.98 Å². The van der Waals surface area contributed by atoms with Gasteiger partial charge >= 0.3 is 0 Å². The number of anilines is 1. The first kappa shape index (κ1) is 10.7. The summed E-state index contributed by atoms with van der Waals surface area (Å²) < 4.78 is 5.12. The second-order valence-electron chi connectivity index (χ2n) is 2.74. The van der Waals surface area contributed by atoms with E-state index >= 15 is 0 Å². The minimum atomic E-state index is -0.148. The highest BCUT2D eigenvalue weighted by molar-refractivity contribution is 5.27. The molecule has 0 amide bonds. The molecule has 1 aromatic heterocycles. The van der Waals surface area contributed by atoms with Crippen LogP contribution in [0.5, 0.6) is 0 Å². The zero-order valence-corrected chi connectivity index (χ0v) is 7.89. The molecule has 0 aliphatic carbocycles. The van der Waals surface area contributed by atoms with E-state index < -0.39 is 0 Å². The van der Waals surface area contributed by atoms with Crippen molar-refractivity contribution in [2.75, 3.05) is 24.6 Å². The summed E-state index contributed by atoms with van der Waals surface area (Å²) in [6.07, 6.45) is 3.08. The highest BCUT2D eigenvalue weighted by atomic mass is 16.4. The fourth-order valence-electron chi connectivity index (χ4n) is 1.06. The van der Waals surface area contributed by atoms with Gasteiger partial charge in [-0.1, -0.05) is 6.08 Å². The predicted molar refractivity (Wildman–Crippen MR) is 51.9 cm³/mol. The van der Waals surface area contributed by atoms with E-state index in [0.717, 1.165) is 0 Å². The number of rotatable bonds is 6. The third kappa shape index (κ3) is 2.58. The summed E-state index contributed by atoms with van der Waals surface area (Å²) in [5.41, 5.74) is 0.479. The molecule has 14 heavy (non-hydrogen) atoms. The third-order valence-corrected chi connectivity index (χ3v) is 1.69. The van der Waals surface area contributed by atoms with Gasteiger partial charge in [0.2, 0.25) is 0 Å². The Balaban J connectivity index is 2.70. The Labute approximate surface area is 82.3 Å². The summed E-state index contributed by atoms with van der Waals surface area (Å²) in [7, 11) is 0. The minimum Gasteiger partial charge on any atom is -0.432 e. The molecule has 0 aliphatic rings. The van der Waals surface area contributed by atoms with Crippen LogP contribution in [0, 0.1) is 0 Å². The molecule has 5 nitrogen and oxygen atoms in total. The molecule has 1 rings (SSSR count). The standard InChI is InChI=1S/C9H14N2O3/c1-2-3-11(4-5-12)9-10-8(6-13)7-14-9/h2,7,12-13H,1,3-6H2. The smallest absolute Gasteiger partial charge is 0.297 e. The first-order valence-corrected chi connectivity index (χ1v) is 4.33. The summed E-state index contributed by atoms with van der Waals surface area (Å²) >= 11 is 0. The van der Waals surface area contributed by atoms with Crippen LogP contribution in [-0.4, -0.2) is 34.9 Å². The number of aliphatic hydroxyl groups excluding tert-OH is 2. The van der Waals surface area contributed by atoms with Crippen LogP contribution in [0.4, 0.5) is 6.01 Å². The van der Waals surface area contributed by atoms with Gasteiger partial charge in [0, 0.05) is 13.1 Å². The first-order chi connectivity index (χ1) is 6.81. The molecule has 0 saturated heterocycles. The molecule has 2 N–H and O–H groups in total. The van der Waals surface area contributed by atoms with Crippen molar-refractivity contribution in [2.24, 2.45) is 0 Å². The van der Waals surface area contributed by atoms with Gasteiger partial charge in [0.25, 0.3) is 6.01 Å². The topological polar surface area (TPSA) is 69.7 Å². The Kier molecular flexibility index (Phi) is 4.15. The van der Waals surface area contributed by atoms with Crippen LogP contribution in [0.2, 0.25) is 0 Å². The van der Waals surface area contributed by atoms with Crippen LogP contribution in [0.25, 0.3) is 0 Å². The summed E-state index contributed by atoms with van der Waals surface area (Å²) in [5.74, 6) is 0. The maximum atomic E-state index is 8.79. The lowest BCUT2D eigenvalue weighted by Crippen LogP contribution is -2.26. The second-order valence-corrected chi connectivity index (χ2v) is 2.74. The molecule has 78 valence electrons. The first-order valence-electron chi connectivity index (χ1n) is 4.33. The molecular weight excluding hydrogens is 184 g/mol. The van der Waals surface area contributed by atoms with Crippen molar-refractivity contribution in [2.45, 2.75) is 6.61 Å². The van der Waals surface area contributed by atoms with Crippen LogP contribution < -0.4 is 4.90 Å². The SMILES string of the molecule is C=CCN(CCO)c1nc(CO)co1. The van der Waals surface area contributed by atoms with Crippen molar-refractivity contribution in [1.82, 2.24) is 4.98 Å². The molecule has 5 heteroatoms. The van der Waals surface area contributed by atoms with Gasteiger partial charge in [0.05, 0.1) is 13.2 Å². The van der Waals surface area contributed by atoms with Crippen molar-refractivity contribution >= 4 is 6.01 Å². The molecule has 0 aromatic carbocycles. The van der Waals surface area contributed by atoms with E-state index in [1.807, 2.05) is 0 Å². The van der Waals surface area contributed by atoms with E-state index in [1.54, 1.807) is 11.0 Å². The largest absolute Gasteiger partial charge is 0.432 e. The molecule has 1 aromatic rings. The maximum Gasteiger partial charge on any atom is 0.297 e. The fourth-order valence-corrected chi connectivity index (χ4v) is 1.06. The molecule has 0 saturated carbocycles. The van der Waals surface area contributed by atoms with Crippen molar-refractivity contribution in [1.29, 1.82) is 0 Å². The maximum absolute atomic E-state index is 8.79. The summed E-state index contributed by atoms with van der Waals surface area (Å²) in [6, 6.07) is 0.392. The Morgan fingerprint density at radius 2 is 2.36 bits per heavy atom. The Morgan fingerprint density at radius 1 is 1.57 bits per heavy atom. The summed E-state index contributed by atoms with van der Waals surface area (Å²) in [6.45, 7) is 4.44. The highest BCUT2D eigenvalue weighted by Gasteiger charge is 2.10. The number of aliphatic hydroxyl groups is 2. The Morgan fingerprint density at radius 3 is 2.86 bits per heavy atom. The molecule has 0 fully saturated rings. The average molecular weight is 198 g/mol. The minimum absolute atomic E-state index is 0.0185. The van der Waals surface area contributed by atoms with E-state index in [9.17, 15) is 0 Å². The van der Waals surface area contributed by atoms with Gasteiger partial charge in [-0.05, 0) is 0 Å². The lowest BCUT2D eigenvalue weighted by atomic mass is 10.5. The van der Waals surface area contributed by atoms with Crippen LogP contribution in [-0.2, 0) is 6.61 Å². The lowest BCUT2D eigenvalue weighted by Gasteiger charge is -2.16. The Hall–Kier alpha value is -1.33. The number of hydrogen-bond donors (Lipinski definition) is 2. The summed E-state index contributed by atoms with van der Waals surface area (Å²) in [5, 5.41) is 17.6. The van der Waals surface area contributed by atoms with Crippen molar-refractivity contribution in [3.63, 3.8) is 0 Å². The fraction of sp³-hybridized carbons (Fsp3) is 0.444. The van der Waals surface area contributed by atoms with E-state index in [2.05, 4.69) is 11.6 Å². The molecule has 0 atom stereocenters. The van der Waals surface area contributed by atoms with Crippen molar-refractivity contribution < 1.29 is 14.6 Å². The van der Waals surface area contributed by atoms with Gasteiger partial charge in [-0.25, -0.2) is 0 Å². The van der Waals surface area contributed by atoms with Crippen molar-refractivity contribution in [3.05, 3.63) is 24.6 Å². The quantitative estimate of drug-likeness (QED) is 0.637. The van der Waals surface area contributed by atoms with Crippen molar-refractivity contribution in [3.8, 4) is 0 Å². The van der Waals surface area contributed by atoms with Gasteiger partial charge in [-0.3, -0.25) is 0 Å². The normalized spacial score (nSPS) is 10.1. The molecule has 0 bridgehead atoms. The van der Waals surface area contributed by atoms with E-state index in [-0.39, 0.29) is 13.2 Å². The van der Waals surface area contributed by atoms with Crippen LogP contribution in [0.15, 0.2) is 23.3 Å². The second kappa shape index (κ2) is 5.41. The number of aromatic nitrogens is 1. The average Bonchev–Trinajstić information content (AvgIpc) is 2.65. The zero-order chi connectivity index (χ0) is 10.4. The molecule has 0 unspecified atom stereocenters. The van der Waals surface area contributed by atoms with Gasteiger partial charge < -0.3 is 19.5 Å². The predicted octanol–water partition coefficient (Wildman–Crippen LogP) is 0.152. The lowest BCUT2D eigenvalue weighted by molar-refractivity contribution is 0.276. The Bertz CT molecular complexity index is 285. The number of hydrogen-bond acceptors (Lipinski definition) is 5. The zero-order valence-electron chi connectivity index (χ0n) is 7.89. The van der Waals surface area contributed by atoms with Crippen LogP contribution >= 0.6 is 0 Å². The monoisotopic (exact) mass is 198 g/mol. The summed E-state index contributed by atoms with van der Waals surface area (Å²) in [4.78, 5) is 5.74.